The lowest BCUT2D eigenvalue weighted by Crippen LogP contribution is -2.28. The molecule has 7 heteroatoms. The van der Waals surface area contributed by atoms with Gasteiger partial charge in [0.1, 0.15) is 4.90 Å². The Balaban J connectivity index is 2.99. The summed E-state index contributed by atoms with van der Waals surface area (Å²) in [6.07, 6.45) is 3.51. The van der Waals surface area contributed by atoms with Crippen LogP contribution in [-0.2, 0) is 16.6 Å². The molecule has 0 aromatic carbocycles. The third-order valence-corrected chi connectivity index (χ3v) is 5.70. The molecule has 1 rings (SSSR count). The summed E-state index contributed by atoms with van der Waals surface area (Å²) in [6, 6.07) is 0. The van der Waals surface area contributed by atoms with E-state index in [-0.39, 0.29) is 6.61 Å². The van der Waals surface area contributed by atoms with Crippen molar-refractivity contribution < 1.29 is 13.5 Å². The summed E-state index contributed by atoms with van der Waals surface area (Å²) in [5.74, 6) is 0. The molecule has 0 unspecified atom stereocenters. The molecule has 1 N–H and O–H groups in total. The van der Waals surface area contributed by atoms with E-state index in [4.69, 9.17) is 5.11 Å². The molecule has 0 aliphatic rings. The van der Waals surface area contributed by atoms with Crippen molar-refractivity contribution in [1.29, 1.82) is 0 Å². The Bertz CT molecular complexity index is 552. The minimum Gasteiger partial charge on any atom is -0.396 e. The average Bonchev–Trinajstić information content (AvgIpc) is 2.71. The van der Waals surface area contributed by atoms with Crippen LogP contribution in [0, 0.1) is 13.8 Å². The minimum atomic E-state index is -3.50. The summed E-state index contributed by atoms with van der Waals surface area (Å²) in [6.45, 7) is 6.69. The number of aliphatic hydroxyl groups is 1. The molecule has 21 heavy (non-hydrogen) atoms. The van der Waals surface area contributed by atoms with Crippen LogP contribution in [0.4, 0.5) is 0 Å². The average molecular weight is 317 g/mol. The molecule has 0 amide bonds. The van der Waals surface area contributed by atoms with Crippen molar-refractivity contribution in [1.82, 2.24) is 14.1 Å². The molecule has 0 saturated carbocycles. The highest BCUT2D eigenvalue weighted by molar-refractivity contribution is 7.89. The topological polar surface area (TPSA) is 75.4 Å². The molecular formula is C14H27N3O3S. The number of sulfonamides is 1. The number of unbranched alkanes of at least 4 members (excludes halogenated alkanes) is 2. The van der Waals surface area contributed by atoms with Crippen LogP contribution in [0.3, 0.4) is 0 Å². The van der Waals surface area contributed by atoms with Crippen LogP contribution in [0.15, 0.2) is 4.90 Å². The SMILES string of the molecule is CCCCCN(C)S(=O)(=O)c1c(C)nn(CCCO)c1C. The summed E-state index contributed by atoms with van der Waals surface area (Å²) in [5.41, 5.74) is 1.16. The van der Waals surface area contributed by atoms with Gasteiger partial charge in [-0.2, -0.15) is 5.10 Å². The van der Waals surface area contributed by atoms with Gasteiger partial charge >= 0.3 is 0 Å². The molecule has 0 aliphatic carbocycles. The molecule has 6 nitrogen and oxygen atoms in total. The lowest BCUT2D eigenvalue weighted by molar-refractivity contribution is 0.276. The number of aromatic nitrogens is 2. The molecule has 0 radical (unpaired) electrons. The van der Waals surface area contributed by atoms with E-state index in [1.54, 1.807) is 25.6 Å². The van der Waals surface area contributed by atoms with Crippen molar-refractivity contribution >= 4 is 10.0 Å². The summed E-state index contributed by atoms with van der Waals surface area (Å²) >= 11 is 0. The van der Waals surface area contributed by atoms with E-state index < -0.39 is 10.0 Å². The van der Waals surface area contributed by atoms with Crippen molar-refractivity contribution in [3.63, 3.8) is 0 Å². The summed E-state index contributed by atoms with van der Waals surface area (Å²) in [7, 11) is -1.88. The summed E-state index contributed by atoms with van der Waals surface area (Å²) < 4.78 is 28.4. The van der Waals surface area contributed by atoms with E-state index in [0.717, 1.165) is 19.3 Å². The van der Waals surface area contributed by atoms with Crippen LogP contribution in [0.5, 0.6) is 0 Å². The molecule has 0 fully saturated rings. The van der Waals surface area contributed by atoms with Crippen LogP contribution < -0.4 is 0 Å². The fourth-order valence-electron chi connectivity index (χ4n) is 2.35. The number of hydrogen-bond acceptors (Lipinski definition) is 4. The third-order valence-electron chi connectivity index (χ3n) is 3.59. The zero-order chi connectivity index (χ0) is 16.0. The molecule has 1 aromatic heterocycles. The first-order valence-corrected chi connectivity index (χ1v) is 8.91. The largest absolute Gasteiger partial charge is 0.396 e. The predicted octanol–water partition coefficient (Wildman–Crippen LogP) is 1.69. The molecule has 122 valence electrons. The van der Waals surface area contributed by atoms with Crippen LogP contribution >= 0.6 is 0 Å². The Morgan fingerprint density at radius 2 is 1.90 bits per heavy atom. The maximum Gasteiger partial charge on any atom is 0.246 e. The van der Waals surface area contributed by atoms with Gasteiger partial charge in [-0.3, -0.25) is 4.68 Å². The highest BCUT2D eigenvalue weighted by Gasteiger charge is 2.28. The monoisotopic (exact) mass is 317 g/mol. The van der Waals surface area contributed by atoms with Gasteiger partial charge in [-0.05, 0) is 26.7 Å². The van der Waals surface area contributed by atoms with E-state index in [9.17, 15) is 8.42 Å². The molecule has 0 saturated heterocycles. The first kappa shape index (κ1) is 18.1. The second-order valence-electron chi connectivity index (χ2n) is 5.33. The number of nitrogens with zero attached hydrogens (tertiary/aromatic N) is 3. The number of hydrogen-bond donors (Lipinski definition) is 1. The van der Waals surface area contributed by atoms with Crippen molar-refractivity contribution in [3.8, 4) is 0 Å². The van der Waals surface area contributed by atoms with E-state index in [2.05, 4.69) is 12.0 Å². The molecule has 0 aliphatic heterocycles. The van der Waals surface area contributed by atoms with Crippen LogP contribution in [-0.4, -0.2) is 47.8 Å². The van der Waals surface area contributed by atoms with Gasteiger partial charge in [0.15, 0.2) is 0 Å². The second kappa shape index (κ2) is 7.91. The fourth-order valence-corrected chi connectivity index (χ4v) is 3.93. The zero-order valence-corrected chi connectivity index (χ0v) is 14.3. The number of aliphatic hydroxyl groups excluding tert-OH is 1. The van der Waals surface area contributed by atoms with Gasteiger partial charge in [0.2, 0.25) is 10.0 Å². The highest BCUT2D eigenvalue weighted by atomic mass is 32.2. The van der Waals surface area contributed by atoms with Gasteiger partial charge in [0.25, 0.3) is 0 Å². The number of rotatable bonds is 9. The van der Waals surface area contributed by atoms with Crippen molar-refractivity contribution in [2.75, 3.05) is 20.2 Å². The molecule has 0 atom stereocenters. The maximum atomic E-state index is 12.7. The van der Waals surface area contributed by atoms with Crippen LogP contribution in [0.1, 0.15) is 44.0 Å². The molecule has 1 heterocycles. The van der Waals surface area contributed by atoms with Crippen molar-refractivity contribution in [3.05, 3.63) is 11.4 Å². The van der Waals surface area contributed by atoms with Crippen molar-refractivity contribution in [2.24, 2.45) is 0 Å². The minimum absolute atomic E-state index is 0.0668. The molecule has 1 aromatic rings. The third kappa shape index (κ3) is 4.28. The molecule has 0 bridgehead atoms. The Labute approximate surface area is 127 Å². The van der Waals surface area contributed by atoms with E-state index in [1.165, 1.54) is 4.31 Å². The zero-order valence-electron chi connectivity index (χ0n) is 13.5. The standard InChI is InChI=1S/C14H27N3O3S/c1-5-6-7-9-16(4)21(19,20)14-12(2)15-17(13(14)3)10-8-11-18/h18H,5-11H2,1-4H3. The summed E-state index contributed by atoms with van der Waals surface area (Å²) in [4.78, 5) is 0.305. The van der Waals surface area contributed by atoms with Gasteiger partial charge in [-0.25, -0.2) is 12.7 Å². The second-order valence-corrected chi connectivity index (χ2v) is 7.32. The first-order chi connectivity index (χ1) is 9.86. The maximum absolute atomic E-state index is 12.7. The van der Waals surface area contributed by atoms with Gasteiger partial charge < -0.3 is 5.11 Å². The lowest BCUT2D eigenvalue weighted by Gasteiger charge is -2.17. The Kier molecular flexibility index (Phi) is 6.83. The Morgan fingerprint density at radius 1 is 1.24 bits per heavy atom. The first-order valence-electron chi connectivity index (χ1n) is 7.47. The predicted molar refractivity (Wildman–Crippen MR) is 82.7 cm³/mol. The van der Waals surface area contributed by atoms with Gasteiger partial charge in [-0.1, -0.05) is 19.8 Å². The van der Waals surface area contributed by atoms with Crippen molar-refractivity contribution in [2.45, 2.75) is 57.9 Å². The van der Waals surface area contributed by atoms with E-state index in [0.29, 0.717) is 35.8 Å². The normalized spacial score (nSPS) is 12.3. The number of aryl methyl sites for hydroxylation is 2. The molecular weight excluding hydrogens is 290 g/mol. The van der Waals surface area contributed by atoms with Crippen LogP contribution in [0.2, 0.25) is 0 Å². The fraction of sp³-hybridized carbons (Fsp3) is 0.786. The lowest BCUT2D eigenvalue weighted by atomic mass is 10.2. The quantitative estimate of drug-likeness (QED) is 0.703. The van der Waals surface area contributed by atoms with Gasteiger partial charge in [0.05, 0.1) is 11.4 Å². The summed E-state index contributed by atoms with van der Waals surface area (Å²) in [5, 5.41) is 13.2. The Hall–Kier alpha value is -0.920. The highest BCUT2D eigenvalue weighted by Crippen LogP contribution is 2.23. The van der Waals surface area contributed by atoms with Gasteiger partial charge in [-0.15, -0.1) is 0 Å². The van der Waals surface area contributed by atoms with E-state index >= 15 is 0 Å². The molecule has 0 spiro atoms. The Morgan fingerprint density at radius 3 is 2.48 bits per heavy atom. The van der Waals surface area contributed by atoms with E-state index in [1.807, 2.05) is 0 Å². The smallest absolute Gasteiger partial charge is 0.246 e. The van der Waals surface area contributed by atoms with Crippen LogP contribution in [0.25, 0.3) is 0 Å². The van der Waals surface area contributed by atoms with Gasteiger partial charge in [0, 0.05) is 26.7 Å².